The van der Waals surface area contributed by atoms with E-state index in [1.165, 1.54) is 0 Å². The molecule has 4 N–H and O–H groups in total. The molecule has 36 heavy (non-hydrogen) atoms. The van der Waals surface area contributed by atoms with Crippen LogP contribution in [-0.2, 0) is 0 Å². The predicted molar refractivity (Wildman–Crippen MR) is 135 cm³/mol. The first-order chi connectivity index (χ1) is 17.4. The smallest absolute Gasteiger partial charge is 0.407 e. The molecule has 0 bridgehead atoms. The Bertz CT molecular complexity index is 1430. The third kappa shape index (κ3) is 4.70. The Labute approximate surface area is 206 Å². The topological polar surface area (TPSA) is 126 Å². The van der Waals surface area contributed by atoms with Crippen molar-refractivity contribution in [2.75, 3.05) is 24.1 Å². The van der Waals surface area contributed by atoms with Crippen molar-refractivity contribution in [2.24, 2.45) is 0 Å². The maximum atomic E-state index is 14.1. The molecule has 184 valence electrons. The zero-order chi connectivity index (χ0) is 25.2. The number of likely N-dealkylation sites (tertiary alicyclic amines) is 1. The summed E-state index contributed by atoms with van der Waals surface area (Å²) in [5.74, 6) is 1.27. The number of nitrogens with one attached hydrogen (secondary N) is 1. The third-order valence-electron chi connectivity index (χ3n) is 6.15. The number of rotatable bonds is 5. The van der Waals surface area contributed by atoms with Gasteiger partial charge >= 0.3 is 6.09 Å². The fraction of sp³-hybridized carbons (Fsp3) is 0.231. The van der Waals surface area contributed by atoms with Gasteiger partial charge in [0.15, 0.2) is 0 Å². The molecule has 0 aliphatic carbocycles. The first kappa shape index (κ1) is 23.3. The lowest BCUT2D eigenvalue weighted by Crippen LogP contribution is -2.49. The third-order valence-corrected chi connectivity index (χ3v) is 6.15. The lowest BCUT2D eigenvalue weighted by atomic mass is 10.0. The molecule has 10 heteroatoms. The van der Waals surface area contributed by atoms with Crippen molar-refractivity contribution in [3.63, 3.8) is 0 Å². The number of aryl methyl sites for hydroxylation is 1. The minimum absolute atomic E-state index is 0.135. The number of nitrogens with two attached hydrogens (primary N) is 1. The van der Waals surface area contributed by atoms with Crippen LogP contribution in [0, 0.1) is 6.92 Å². The van der Waals surface area contributed by atoms with Gasteiger partial charge in [-0.2, -0.15) is 0 Å². The Hall–Kier alpha value is -4.47. The molecule has 9 nitrogen and oxygen atoms in total. The molecule has 0 spiro atoms. The summed E-state index contributed by atoms with van der Waals surface area (Å²) in [6.45, 7) is 1.97. The SMILES string of the molecule is Cc1ccc2c(N)cccc2c1Oc1ncccc1-c1ccnc(N[C@H]2C[C@@H](F)CN(C(=O)O)C2)n1. The molecule has 2 aromatic heterocycles. The normalized spacial score (nSPS) is 17.7. The average molecular weight is 489 g/mol. The summed E-state index contributed by atoms with van der Waals surface area (Å²) in [5.41, 5.74) is 8.94. The molecular weight excluding hydrogens is 463 g/mol. The lowest BCUT2D eigenvalue weighted by Gasteiger charge is -2.33. The first-order valence-electron chi connectivity index (χ1n) is 11.5. The van der Waals surface area contributed by atoms with Gasteiger partial charge in [-0.3, -0.25) is 0 Å². The molecule has 0 radical (unpaired) electrons. The predicted octanol–water partition coefficient (Wildman–Crippen LogP) is 4.88. The van der Waals surface area contributed by atoms with Gasteiger partial charge < -0.3 is 25.8 Å². The number of amides is 1. The molecule has 2 aromatic carbocycles. The van der Waals surface area contributed by atoms with E-state index in [4.69, 9.17) is 10.5 Å². The number of fused-ring (bicyclic) bond motifs is 1. The molecule has 1 aliphatic rings. The second-order valence-electron chi connectivity index (χ2n) is 8.74. The second-order valence-corrected chi connectivity index (χ2v) is 8.74. The van der Waals surface area contributed by atoms with E-state index >= 15 is 0 Å². The van der Waals surface area contributed by atoms with Gasteiger partial charge in [-0.25, -0.2) is 24.1 Å². The van der Waals surface area contributed by atoms with Crippen molar-refractivity contribution in [1.82, 2.24) is 19.9 Å². The number of nitrogen functional groups attached to an aromatic ring is 1. The molecular formula is C26H25FN6O3. The number of piperidine rings is 1. The minimum Gasteiger partial charge on any atom is -0.465 e. The van der Waals surface area contributed by atoms with Crippen LogP contribution < -0.4 is 15.8 Å². The number of alkyl halides is 1. The Morgan fingerprint density at radius 3 is 2.81 bits per heavy atom. The number of carboxylic acid groups (broad SMARTS) is 1. The molecule has 4 aromatic rings. The maximum absolute atomic E-state index is 14.1. The Morgan fingerprint density at radius 2 is 1.97 bits per heavy atom. The van der Waals surface area contributed by atoms with Crippen molar-refractivity contribution >= 4 is 28.5 Å². The number of aromatic nitrogens is 3. The number of hydrogen-bond acceptors (Lipinski definition) is 7. The summed E-state index contributed by atoms with van der Waals surface area (Å²) >= 11 is 0. The number of benzene rings is 2. The molecule has 1 saturated heterocycles. The molecule has 0 saturated carbocycles. The number of halogens is 1. The lowest BCUT2D eigenvalue weighted by molar-refractivity contribution is 0.102. The zero-order valence-corrected chi connectivity index (χ0v) is 19.6. The van der Waals surface area contributed by atoms with Gasteiger partial charge in [0.1, 0.15) is 11.9 Å². The number of hydrogen-bond donors (Lipinski definition) is 3. The van der Waals surface area contributed by atoms with Crippen molar-refractivity contribution in [2.45, 2.75) is 25.6 Å². The van der Waals surface area contributed by atoms with Crippen LogP contribution in [0.4, 0.5) is 20.8 Å². The molecule has 1 aliphatic heterocycles. The maximum Gasteiger partial charge on any atom is 0.407 e. The van der Waals surface area contributed by atoms with E-state index in [9.17, 15) is 14.3 Å². The highest BCUT2D eigenvalue weighted by molar-refractivity contribution is 5.97. The van der Waals surface area contributed by atoms with Gasteiger partial charge in [0.25, 0.3) is 0 Å². The van der Waals surface area contributed by atoms with Gasteiger partial charge in [-0.1, -0.05) is 24.3 Å². The highest BCUT2D eigenvalue weighted by Gasteiger charge is 2.30. The van der Waals surface area contributed by atoms with Gasteiger partial charge in [0.2, 0.25) is 11.8 Å². The Kier molecular flexibility index (Phi) is 6.24. The number of ether oxygens (including phenoxy) is 1. The van der Waals surface area contributed by atoms with Crippen molar-refractivity contribution in [3.05, 3.63) is 66.5 Å². The van der Waals surface area contributed by atoms with E-state index in [0.29, 0.717) is 28.6 Å². The van der Waals surface area contributed by atoms with Gasteiger partial charge in [0.05, 0.1) is 17.8 Å². The van der Waals surface area contributed by atoms with Crippen LogP contribution in [-0.4, -0.2) is 56.4 Å². The summed E-state index contributed by atoms with van der Waals surface area (Å²) in [6, 6.07) is 14.5. The molecule has 1 fully saturated rings. The van der Waals surface area contributed by atoms with E-state index in [1.54, 1.807) is 24.5 Å². The van der Waals surface area contributed by atoms with Gasteiger partial charge in [-0.15, -0.1) is 0 Å². The highest BCUT2D eigenvalue weighted by Crippen LogP contribution is 2.38. The zero-order valence-electron chi connectivity index (χ0n) is 19.6. The monoisotopic (exact) mass is 488 g/mol. The van der Waals surface area contributed by atoms with Crippen LogP contribution in [0.5, 0.6) is 11.6 Å². The van der Waals surface area contributed by atoms with E-state index in [0.717, 1.165) is 21.2 Å². The first-order valence-corrected chi connectivity index (χ1v) is 11.5. The van der Waals surface area contributed by atoms with Crippen LogP contribution in [0.3, 0.4) is 0 Å². The molecule has 1 amide bonds. The van der Waals surface area contributed by atoms with E-state index in [1.807, 2.05) is 43.3 Å². The Balaban J connectivity index is 1.45. The number of carbonyl (C=O) groups is 1. The fourth-order valence-electron chi connectivity index (χ4n) is 4.42. The summed E-state index contributed by atoms with van der Waals surface area (Å²) in [4.78, 5) is 25.7. The summed E-state index contributed by atoms with van der Waals surface area (Å²) < 4.78 is 20.4. The number of anilines is 2. The number of pyridine rings is 1. The molecule has 2 atom stereocenters. The van der Waals surface area contributed by atoms with Crippen LogP contribution in [0.2, 0.25) is 0 Å². The molecule has 3 heterocycles. The summed E-state index contributed by atoms with van der Waals surface area (Å²) in [6.07, 6.45) is 0.976. The highest BCUT2D eigenvalue weighted by atomic mass is 19.1. The number of nitrogens with zero attached hydrogens (tertiary/aromatic N) is 4. The van der Waals surface area contributed by atoms with Crippen LogP contribution in [0.1, 0.15) is 12.0 Å². The molecule has 5 rings (SSSR count). The van der Waals surface area contributed by atoms with Crippen LogP contribution in [0.15, 0.2) is 60.9 Å². The fourth-order valence-corrected chi connectivity index (χ4v) is 4.42. The summed E-state index contributed by atoms with van der Waals surface area (Å²) in [5, 5.41) is 14.1. The van der Waals surface area contributed by atoms with Crippen molar-refractivity contribution in [3.8, 4) is 22.9 Å². The largest absolute Gasteiger partial charge is 0.465 e. The minimum atomic E-state index is -1.26. The second kappa shape index (κ2) is 9.65. The van der Waals surface area contributed by atoms with Crippen LogP contribution >= 0.6 is 0 Å². The summed E-state index contributed by atoms with van der Waals surface area (Å²) in [7, 11) is 0. The van der Waals surface area contributed by atoms with E-state index < -0.39 is 18.3 Å². The van der Waals surface area contributed by atoms with E-state index in [2.05, 4.69) is 20.3 Å². The quantitative estimate of drug-likeness (QED) is 0.340. The Morgan fingerprint density at radius 1 is 1.11 bits per heavy atom. The molecule has 0 unspecified atom stereocenters. The van der Waals surface area contributed by atoms with Gasteiger partial charge in [-0.05, 0) is 36.8 Å². The van der Waals surface area contributed by atoms with Crippen LogP contribution in [0.25, 0.3) is 22.0 Å². The standard InChI is InChI=1S/C26H25FN6O3/c1-15-7-8-18-19(4-2-6-21(18)28)23(15)36-24-20(5-3-10-29-24)22-9-11-30-25(32-22)31-17-12-16(27)13-33(14-17)26(34)35/h2-11,16-17H,12-14,28H2,1H3,(H,34,35)(H,30,31,32)/t16-,17+/m1/s1. The van der Waals surface area contributed by atoms with Crippen molar-refractivity contribution in [1.29, 1.82) is 0 Å². The average Bonchev–Trinajstić information content (AvgIpc) is 2.86. The van der Waals surface area contributed by atoms with Crippen molar-refractivity contribution < 1.29 is 19.0 Å². The van der Waals surface area contributed by atoms with E-state index in [-0.39, 0.29) is 25.5 Å². The van der Waals surface area contributed by atoms with Gasteiger partial charge in [0, 0.05) is 47.9 Å².